The van der Waals surface area contributed by atoms with Crippen LogP contribution in [-0.2, 0) is 9.53 Å². The third kappa shape index (κ3) is 4.28. The van der Waals surface area contributed by atoms with Crippen molar-refractivity contribution < 1.29 is 18.7 Å². The molecular formula is C21H21FN6O3S. The predicted molar refractivity (Wildman–Crippen MR) is 117 cm³/mol. The molecule has 2 aromatic heterocycles. The number of carbonyl (C=O) groups is 2. The molecular weight excluding hydrogens is 435 g/mol. The van der Waals surface area contributed by atoms with E-state index in [1.165, 1.54) is 30.2 Å². The monoisotopic (exact) mass is 456 g/mol. The summed E-state index contributed by atoms with van der Waals surface area (Å²) in [6.45, 7) is 3.86. The van der Waals surface area contributed by atoms with Crippen molar-refractivity contribution >= 4 is 34.8 Å². The number of carbonyl (C=O) groups excluding carboxylic acids is 2. The normalized spacial score (nSPS) is 16.1. The molecule has 1 atom stereocenters. The van der Waals surface area contributed by atoms with Gasteiger partial charge in [-0.05, 0) is 37.6 Å². The van der Waals surface area contributed by atoms with Gasteiger partial charge in [-0.25, -0.2) is 28.6 Å². The first kappa shape index (κ1) is 21.8. The molecule has 0 saturated carbocycles. The lowest BCUT2D eigenvalue weighted by atomic mass is 10.0. The van der Waals surface area contributed by atoms with E-state index in [2.05, 4.69) is 25.7 Å². The Bertz CT molecular complexity index is 1190. The fourth-order valence-electron chi connectivity index (χ4n) is 3.42. The molecule has 4 rings (SSSR count). The fraction of sp³-hybridized carbons (Fsp3) is 0.286. The number of benzene rings is 1. The molecule has 3 aromatic rings. The van der Waals surface area contributed by atoms with Gasteiger partial charge in [-0.15, -0.1) is 0 Å². The van der Waals surface area contributed by atoms with Gasteiger partial charge in [-0.3, -0.25) is 0 Å². The molecule has 0 fully saturated rings. The van der Waals surface area contributed by atoms with Gasteiger partial charge in [0, 0.05) is 11.4 Å². The van der Waals surface area contributed by atoms with Crippen LogP contribution in [0, 0.1) is 5.82 Å². The van der Waals surface area contributed by atoms with Gasteiger partial charge < -0.3 is 15.4 Å². The van der Waals surface area contributed by atoms with Crippen molar-refractivity contribution in [2.24, 2.45) is 0 Å². The van der Waals surface area contributed by atoms with Gasteiger partial charge >= 0.3 is 12.0 Å². The highest BCUT2D eigenvalue weighted by atomic mass is 32.2. The van der Waals surface area contributed by atoms with Crippen molar-refractivity contribution in [1.29, 1.82) is 0 Å². The Hall–Kier alpha value is -3.47. The maximum atomic E-state index is 13.3. The third-order valence-electron chi connectivity index (χ3n) is 4.90. The number of hydrogen-bond acceptors (Lipinski definition) is 7. The van der Waals surface area contributed by atoms with Crippen LogP contribution in [0.1, 0.15) is 20.3 Å². The summed E-state index contributed by atoms with van der Waals surface area (Å²) in [7, 11) is 0. The van der Waals surface area contributed by atoms with Gasteiger partial charge in [0.2, 0.25) is 0 Å². The standard InChI is InChI=1S/C21H21FN6O3S/c1-3-15-17(20(29)31-4-2)16(27-21(30)26-15)10-32-19-14-9-25-28(18(14)23-11-24-19)13-7-5-12(22)6-8-13/h5-9,11,15H,3-4,10H2,1-2H3,(H2,26,27,30)/t15-/m0/s1. The van der Waals surface area contributed by atoms with Gasteiger partial charge in [0.25, 0.3) is 0 Å². The van der Waals surface area contributed by atoms with E-state index in [1.807, 2.05) is 6.92 Å². The molecule has 0 radical (unpaired) electrons. The van der Waals surface area contributed by atoms with E-state index >= 15 is 0 Å². The van der Waals surface area contributed by atoms with Crippen LogP contribution in [0.15, 0.2) is 53.1 Å². The van der Waals surface area contributed by atoms with Crippen molar-refractivity contribution in [3.05, 3.63) is 53.9 Å². The molecule has 9 nitrogen and oxygen atoms in total. The van der Waals surface area contributed by atoms with E-state index in [9.17, 15) is 14.0 Å². The number of urea groups is 1. The average molecular weight is 457 g/mol. The quantitative estimate of drug-likeness (QED) is 0.319. The lowest BCUT2D eigenvalue weighted by Gasteiger charge is -2.28. The van der Waals surface area contributed by atoms with Crippen LogP contribution in [0.4, 0.5) is 9.18 Å². The molecule has 1 aromatic carbocycles. The molecule has 32 heavy (non-hydrogen) atoms. The van der Waals surface area contributed by atoms with Crippen LogP contribution in [0.25, 0.3) is 16.7 Å². The number of halogens is 1. The highest BCUT2D eigenvalue weighted by Gasteiger charge is 2.31. The Morgan fingerprint density at radius 1 is 1.25 bits per heavy atom. The number of nitrogens with zero attached hydrogens (tertiary/aromatic N) is 4. The second-order valence-corrected chi connectivity index (χ2v) is 7.87. The van der Waals surface area contributed by atoms with E-state index in [1.54, 1.807) is 29.9 Å². The minimum absolute atomic E-state index is 0.238. The summed E-state index contributed by atoms with van der Waals surface area (Å²) < 4.78 is 20.1. The first-order chi connectivity index (χ1) is 15.5. The Morgan fingerprint density at radius 3 is 2.75 bits per heavy atom. The zero-order valence-corrected chi connectivity index (χ0v) is 18.3. The number of hydrogen-bond donors (Lipinski definition) is 2. The van der Waals surface area contributed by atoms with Crippen molar-refractivity contribution in [3.63, 3.8) is 0 Å². The summed E-state index contributed by atoms with van der Waals surface area (Å²) >= 11 is 1.35. The summed E-state index contributed by atoms with van der Waals surface area (Å²) in [5.74, 6) is -0.498. The zero-order valence-electron chi connectivity index (χ0n) is 17.5. The van der Waals surface area contributed by atoms with Crippen LogP contribution in [0.5, 0.6) is 0 Å². The first-order valence-corrected chi connectivity index (χ1v) is 11.1. The van der Waals surface area contributed by atoms with Crippen LogP contribution in [0.3, 0.4) is 0 Å². The topological polar surface area (TPSA) is 111 Å². The molecule has 2 N–H and O–H groups in total. The predicted octanol–water partition coefficient (Wildman–Crippen LogP) is 2.96. The van der Waals surface area contributed by atoms with Gasteiger partial charge in [0.1, 0.15) is 17.2 Å². The number of aromatic nitrogens is 4. The number of nitrogens with one attached hydrogen (secondary N) is 2. The highest BCUT2D eigenvalue weighted by molar-refractivity contribution is 7.99. The third-order valence-corrected chi connectivity index (χ3v) is 5.93. The van der Waals surface area contributed by atoms with E-state index < -0.39 is 12.0 Å². The Kier molecular flexibility index (Phi) is 6.35. The zero-order chi connectivity index (χ0) is 22.7. The largest absolute Gasteiger partial charge is 0.463 e. The Morgan fingerprint density at radius 2 is 2.03 bits per heavy atom. The Labute approximate surface area is 187 Å². The average Bonchev–Trinajstić information content (AvgIpc) is 3.22. The van der Waals surface area contributed by atoms with Crippen LogP contribution in [0.2, 0.25) is 0 Å². The summed E-state index contributed by atoms with van der Waals surface area (Å²) in [6.07, 6.45) is 3.61. The van der Waals surface area contributed by atoms with Gasteiger partial charge in [-0.1, -0.05) is 18.7 Å². The molecule has 0 aliphatic carbocycles. The van der Waals surface area contributed by atoms with Crippen molar-refractivity contribution in [2.45, 2.75) is 31.3 Å². The first-order valence-electron chi connectivity index (χ1n) is 10.1. The summed E-state index contributed by atoms with van der Waals surface area (Å²) in [6, 6.07) is 5.15. The number of ether oxygens (including phenoxy) is 1. The number of rotatable bonds is 7. The molecule has 11 heteroatoms. The van der Waals surface area contributed by atoms with Gasteiger partial charge in [0.15, 0.2) is 5.65 Å². The van der Waals surface area contributed by atoms with E-state index in [0.717, 1.165) is 0 Å². The molecule has 0 saturated heterocycles. The molecule has 1 aliphatic rings. The maximum Gasteiger partial charge on any atom is 0.337 e. The fourth-order valence-corrected chi connectivity index (χ4v) is 4.35. The number of fused-ring (bicyclic) bond motifs is 1. The Balaban J connectivity index is 1.65. The molecule has 0 unspecified atom stereocenters. The minimum atomic E-state index is -0.459. The second-order valence-electron chi connectivity index (χ2n) is 6.91. The number of amides is 2. The second kappa shape index (κ2) is 9.35. The molecule has 0 bridgehead atoms. The molecule has 0 spiro atoms. The molecule has 2 amide bonds. The maximum absolute atomic E-state index is 13.3. The van der Waals surface area contributed by atoms with Crippen molar-refractivity contribution in [3.8, 4) is 5.69 Å². The summed E-state index contributed by atoms with van der Waals surface area (Å²) in [4.78, 5) is 33.3. The molecule has 3 heterocycles. The van der Waals surface area contributed by atoms with Crippen molar-refractivity contribution in [1.82, 2.24) is 30.4 Å². The highest BCUT2D eigenvalue weighted by Crippen LogP contribution is 2.29. The van der Waals surface area contributed by atoms with Crippen LogP contribution < -0.4 is 10.6 Å². The van der Waals surface area contributed by atoms with E-state index in [-0.39, 0.29) is 18.5 Å². The van der Waals surface area contributed by atoms with E-state index in [4.69, 9.17) is 4.74 Å². The minimum Gasteiger partial charge on any atom is -0.463 e. The van der Waals surface area contributed by atoms with Crippen molar-refractivity contribution in [2.75, 3.05) is 12.4 Å². The van der Waals surface area contributed by atoms with Gasteiger partial charge in [0.05, 0.1) is 35.5 Å². The summed E-state index contributed by atoms with van der Waals surface area (Å²) in [5, 5.41) is 11.2. The smallest absolute Gasteiger partial charge is 0.337 e. The molecule has 1 aliphatic heterocycles. The lowest BCUT2D eigenvalue weighted by Crippen LogP contribution is -2.50. The lowest BCUT2D eigenvalue weighted by molar-refractivity contribution is -0.139. The molecule has 166 valence electrons. The van der Waals surface area contributed by atoms with Gasteiger partial charge in [-0.2, -0.15) is 5.10 Å². The van der Waals surface area contributed by atoms with Crippen LogP contribution in [-0.4, -0.2) is 50.2 Å². The van der Waals surface area contributed by atoms with E-state index in [0.29, 0.717) is 45.2 Å². The number of esters is 1. The number of thioether (sulfide) groups is 1. The summed E-state index contributed by atoms with van der Waals surface area (Å²) in [5.41, 5.74) is 2.13. The SMILES string of the molecule is CCOC(=O)C1=C(CSc2ncnc3c2cnn3-c2ccc(F)cc2)NC(=O)N[C@H]1CC. The van der Waals surface area contributed by atoms with Crippen LogP contribution >= 0.6 is 11.8 Å².